The SMILES string of the molecule is Cc1noc2nc(C(C)C)cc(C(=O)N(Cc3ccco3)Cc3cccs3)c12. The molecule has 4 heterocycles. The molecule has 0 aliphatic carbocycles. The molecule has 0 unspecified atom stereocenters. The Morgan fingerprint density at radius 3 is 2.79 bits per heavy atom. The van der Waals surface area contributed by atoms with Gasteiger partial charge in [-0.05, 0) is 42.5 Å². The fourth-order valence-corrected chi connectivity index (χ4v) is 3.85. The van der Waals surface area contributed by atoms with E-state index in [4.69, 9.17) is 8.94 Å². The Balaban J connectivity index is 1.78. The van der Waals surface area contributed by atoms with Crippen LogP contribution in [0.2, 0.25) is 0 Å². The largest absolute Gasteiger partial charge is 0.467 e. The summed E-state index contributed by atoms with van der Waals surface area (Å²) in [5, 5.41) is 6.71. The zero-order valence-corrected chi connectivity index (χ0v) is 16.8. The first kappa shape index (κ1) is 18.4. The highest BCUT2D eigenvalue weighted by Gasteiger charge is 2.25. The molecule has 0 aromatic carbocycles. The molecule has 0 atom stereocenters. The first-order chi connectivity index (χ1) is 13.5. The summed E-state index contributed by atoms with van der Waals surface area (Å²) in [6, 6.07) is 9.58. The Morgan fingerprint density at radius 1 is 1.25 bits per heavy atom. The molecule has 0 aliphatic heterocycles. The highest BCUT2D eigenvalue weighted by Crippen LogP contribution is 2.27. The van der Waals surface area contributed by atoms with Crippen molar-refractivity contribution in [3.63, 3.8) is 0 Å². The van der Waals surface area contributed by atoms with E-state index >= 15 is 0 Å². The van der Waals surface area contributed by atoms with Crippen molar-refractivity contribution in [2.75, 3.05) is 0 Å². The minimum Gasteiger partial charge on any atom is -0.467 e. The van der Waals surface area contributed by atoms with E-state index in [1.165, 1.54) is 0 Å². The number of nitrogens with zero attached hydrogens (tertiary/aromatic N) is 3. The molecule has 0 bridgehead atoms. The molecule has 7 heteroatoms. The van der Waals surface area contributed by atoms with Gasteiger partial charge in [0, 0.05) is 10.6 Å². The number of pyridine rings is 1. The van der Waals surface area contributed by atoms with Crippen molar-refractivity contribution in [2.45, 2.75) is 39.8 Å². The Morgan fingerprint density at radius 2 is 2.11 bits per heavy atom. The number of rotatable bonds is 6. The molecule has 1 amide bonds. The molecule has 0 aliphatic rings. The van der Waals surface area contributed by atoms with Gasteiger partial charge in [-0.3, -0.25) is 4.79 Å². The number of hydrogen-bond acceptors (Lipinski definition) is 6. The molecule has 4 aromatic rings. The fraction of sp³-hybridized carbons (Fsp3) is 0.286. The van der Waals surface area contributed by atoms with Crippen molar-refractivity contribution in [1.29, 1.82) is 0 Å². The highest BCUT2D eigenvalue weighted by molar-refractivity contribution is 7.09. The van der Waals surface area contributed by atoms with E-state index < -0.39 is 0 Å². The zero-order chi connectivity index (χ0) is 19.7. The maximum Gasteiger partial charge on any atom is 0.259 e. The minimum atomic E-state index is -0.0922. The number of fused-ring (bicyclic) bond motifs is 1. The van der Waals surface area contributed by atoms with Gasteiger partial charge in [-0.2, -0.15) is 0 Å². The normalized spacial score (nSPS) is 11.4. The maximum absolute atomic E-state index is 13.6. The topological polar surface area (TPSA) is 72.4 Å². The monoisotopic (exact) mass is 395 g/mol. The van der Waals surface area contributed by atoms with Crippen LogP contribution in [-0.2, 0) is 13.1 Å². The van der Waals surface area contributed by atoms with E-state index in [0.29, 0.717) is 35.4 Å². The fourth-order valence-electron chi connectivity index (χ4n) is 3.13. The number of carbonyl (C=O) groups excluding carboxylic acids is 1. The second kappa shape index (κ2) is 7.59. The number of amides is 1. The minimum absolute atomic E-state index is 0.0922. The van der Waals surface area contributed by atoms with Gasteiger partial charge in [-0.15, -0.1) is 11.3 Å². The lowest BCUT2D eigenvalue weighted by Crippen LogP contribution is -2.30. The van der Waals surface area contributed by atoms with Crippen molar-refractivity contribution < 1.29 is 13.7 Å². The van der Waals surface area contributed by atoms with E-state index in [1.54, 1.807) is 22.5 Å². The first-order valence-corrected chi connectivity index (χ1v) is 10.0. The lowest BCUT2D eigenvalue weighted by atomic mass is 10.0. The van der Waals surface area contributed by atoms with Crippen LogP contribution in [0.5, 0.6) is 0 Å². The number of aryl methyl sites for hydroxylation is 1. The van der Waals surface area contributed by atoms with E-state index in [1.807, 2.05) is 56.5 Å². The van der Waals surface area contributed by atoms with Crippen LogP contribution < -0.4 is 0 Å². The summed E-state index contributed by atoms with van der Waals surface area (Å²) in [4.78, 5) is 21.1. The van der Waals surface area contributed by atoms with Crippen molar-refractivity contribution in [2.24, 2.45) is 0 Å². The van der Waals surface area contributed by atoms with E-state index in [9.17, 15) is 4.79 Å². The summed E-state index contributed by atoms with van der Waals surface area (Å²) in [7, 11) is 0. The average Bonchev–Trinajstić information content (AvgIpc) is 3.43. The Labute approximate surface area is 166 Å². The predicted molar refractivity (Wildman–Crippen MR) is 107 cm³/mol. The van der Waals surface area contributed by atoms with Gasteiger partial charge in [-0.1, -0.05) is 25.1 Å². The molecule has 0 saturated carbocycles. The highest BCUT2D eigenvalue weighted by atomic mass is 32.1. The molecule has 28 heavy (non-hydrogen) atoms. The summed E-state index contributed by atoms with van der Waals surface area (Å²) in [5.41, 5.74) is 2.44. The molecule has 144 valence electrons. The molecular formula is C21H21N3O3S. The molecule has 0 fully saturated rings. The quantitative estimate of drug-likeness (QED) is 0.451. The summed E-state index contributed by atoms with van der Waals surface area (Å²) in [6.45, 7) is 6.79. The molecule has 0 saturated heterocycles. The van der Waals surface area contributed by atoms with Crippen molar-refractivity contribution in [1.82, 2.24) is 15.0 Å². The molecule has 0 spiro atoms. The van der Waals surface area contributed by atoms with E-state index in [-0.39, 0.29) is 11.8 Å². The van der Waals surface area contributed by atoms with Gasteiger partial charge in [0.15, 0.2) is 0 Å². The smallest absolute Gasteiger partial charge is 0.259 e. The van der Waals surface area contributed by atoms with Gasteiger partial charge in [0.1, 0.15) is 5.76 Å². The number of hydrogen-bond donors (Lipinski definition) is 0. The molecular weight excluding hydrogens is 374 g/mol. The van der Waals surface area contributed by atoms with Crippen LogP contribution >= 0.6 is 11.3 Å². The van der Waals surface area contributed by atoms with Gasteiger partial charge in [0.25, 0.3) is 11.6 Å². The van der Waals surface area contributed by atoms with Crippen LogP contribution in [0, 0.1) is 6.92 Å². The third kappa shape index (κ3) is 3.57. The third-order valence-corrected chi connectivity index (χ3v) is 5.46. The van der Waals surface area contributed by atoms with Crippen LogP contribution in [0.3, 0.4) is 0 Å². The number of aromatic nitrogens is 2. The molecule has 0 radical (unpaired) electrons. The number of thiophene rings is 1. The third-order valence-electron chi connectivity index (χ3n) is 4.60. The van der Waals surface area contributed by atoms with Crippen molar-refractivity contribution >= 4 is 28.3 Å². The van der Waals surface area contributed by atoms with Crippen molar-refractivity contribution in [3.8, 4) is 0 Å². The van der Waals surface area contributed by atoms with Crippen LogP contribution in [0.4, 0.5) is 0 Å². The van der Waals surface area contributed by atoms with Crippen molar-refractivity contribution in [3.05, 3.63) is 69.6 Å². The van der Waals surface area contributed by atoms with Crippen LogP contribution in [-0.4, -0.2) is 20.9 Å². The Bertz CT molecular complexity index is 1050. The molecule has 0 N–H and O–H groups in total. The predicted octanol–water partition coefficient (Wildman–Crippen LogP) is 5.15. The average molecular weight is 395 g/mol. The standard InChI is InChI=1S/C21H21N3O3S/c1-13(2)18-10-17(19-14(3)23-27-20(19)22-18)21(25)24(11-15-6-4-8-26-15)12-16-7-5-9-28-16/h4-10,13H,11-12H2,1-3H3. The number of carbonyl (C=O) groups is 1. The van der Waals surface area contributed by atoms with Gasteiger partial charge < -0.3 is 13.8 Å². The van der Waals surface area contributed by atoms with E-state index in [2.05, 4.69) is 10.1 Å². The second-order valence-corrected chi connectivity index (χ2v) is 8.05. The maximum atomic E-state index is 13.6. The van der Waals surface area contributed by atoms with E-state index in [0.717, 1.165) is 16.3 Å². The zero-order valence-electron chi connectivity index (χ0n) is 16.0. The Kier molecular flexibility index (Phi) is 5.00. The van der Waals surface area contributed by atoms with Crippen LogP contribution in [0.1, 0.15) is 52.1 Å². The van der Waals surface area contributed by atoms with Gasteiger partial charge in [-0.25, -0.2) is 4.98 Å². The Hall–Kier alpha value is -2.93. The van der Waals surface area contributed by atoms with Gasteiger partial charge >= 0.3 is 0 Å². The summed E-state index contributed by atoms with van der Waals surface area (Å²) in [5.74, 6) is 0.809. The van der Waals surface area contributed by atoms with Crippen LogP contribution in [0.25, 0.3) is 11.1 Å². The van der Waals surface area contributed by atoms with Crippen LogP contribution in [0.15, 0.2) is 50.9 Å². The molecule has 4 aromatic heterocycles. The summed E-state index contributed by atoms with van der Waals surface area (Å²) in [6.07, 6.45) is 1.62. The lowest BCUT2D eigenvalue weighted by molar-refractivity contribution is 0.0721. The molecule has 6 nitrogen and oxygen atoms in total. The lowest BCUT2D eigenvalue weighted by Gasteiger charge is -2.22. The summed E-state index contributed by atoms with van der Waals surface area (Å²) < 4.78 is 10.9. The number of furan rings is 1. The van der Waals surface area contributed by atoms with Gasteiger partial charge in [0.05, 0.1) is 36.0 Å². The first-order valence-electron chi connectivity index (χ1n) is 9.14. The second-order valence-electron chi connectivity index (χ2n) is 7.02. The molecule has 4 rings (SSSR count). The van der Waals surface area contributed by atoms with Gasteiger partial charge in [0.2, 0.25) is 0 Å². The summed E-state index contributed by atoms with van der Waals surface area (Å²) >= 11 is 1.63.